The Balaban J connectivity index is 0.727. The number of likely N-dealkylation sites (tertiary alicyclic amines) is 1. The molecule has 4 atom stereocenters. The van der Waals surface area contributed by atoms with Crippen LogP contribution in [0.15, 0.2) is 77.9 Å². The summed E-state index contributed by atoms with van der Waals surface area (Å²) in [5, 5.41) is 15.0. The summed E-state index contributed by atoms with van der Waals surface area (Å²) in [5.41, 5.74) is 1.26. The highest BCUT2D eigenvalue weighted by Gasteiger charge is 2.55. The Bertz CT molecular complexity index is 3430. The number of aryl methyl sites for hydroxylation is 1. The number of nitrogens with zero attached hydrogens (tertiary/aromatic N) is 9. The number of amides is 3. The van der Waals surface area contributed by atoms with Crippen molar-refractivity contribution in [2.24, 2.45) is 10.8 Å². The number of fused-ring (bicyclic) bond motifs is 1. The highest BCUT2D eigenvalue weighted by Crippen LogP contribution is 2.53. The Labute approximate surface area is 502 Å². The number of piperazine rings is 2. The lowest BCUT2D eigenvalue weighted by Crippen LogP contribution is -2.61. The minimum Gasteiger partial charge on any atom is -0.481 e. The fourth-order valence-corrected chi connectivity index (χ4v) is 15.3. The highest BCUT2D eigenvalue weighted by molar-refractivity contribution is 7.89. The van der Waals surface area contributed by atoms with Crippen molar-refractivity contribution < 1.29 is 37.5 Å². The number of aliphatic carboxylic acids is 1. The number of nitrogens with one attached hydrogen (secondary N) is 1. The molecule has 0 spiro atoms. The van der Waals surface area contributed by atoms with Crippen molar-refractivity contribution in [2.45, 2.75) is 143 Å². The Kier molecular flexibility index (Phi) is 19.2. The topological polar surface area (TPSA) is 229 Å². The number of sulfonamides is 1. The van der Waals surface area contributed by atoms with Gasteiger partial charge in [-0.25, -0.2) is 18.4 Å². The molecule has 4 fully saturated rings. The fourth-order valence-electron chi connectivity index (χ4n) is 13.0. The van der Waals surface area contributed by atoms with Crippen molar-refractivity contribution in [1.29, 1.82) is 0 Å². The zero-order chi connectivity index (χ0) is 60.3. The van der Waals surface area contributed by atoms with E-state index in [4.69, 9.17) is 28.2 Å². The Morgan fingerprint density at radius 2 is 1.43 bits per heavy atom. The van der Waals surface area contributed by atoms with Crippen LogP contribution in [0.2, 0.25) is 10.0 Å². The molecule has 2 N–H and O–H groups in total. The van der Waals surface area contributed by atoms with Crippen LogP contribution in [0.25, 0.3) is 11.0 Å². The van der Waals surface area contributed by atoms with Crippen molar-refractivity contribution in [1.82, 2.24) is 38.5 Å². The van der Waals surface area contributed by atoms with Crippen molar-refractivity contribution in [3.05, 3.63) is 116 Å². The number of hydrogen-bond acceptors (Lipinski definition) is 13. The van der Waals surface area contributed by atoms with E-state index < -0.39 is 62.9 Å². The zero-order valence-electron chi connectivity index (χ0n) is 49.0. The number of benzene rings is 2. The number of carbonyl (C=O) groups is 5. The van der Waals surface area contributed by atoms with Crippen LogP contribution in [-0.2, 0) is 29.2 Å². The van der Waals surface area contributed by atoms with Gasteiger partial charge in [0.2, 0.25) is 33.7 Å². The number of piperidine rings is 1. The minimum absolute atomic E-state index is 0.0275. The number of pyridine rings is 2. The van der Waals surface area contributed by atoms with Gasteiger partial charge in [0.05, 0.1) is 47.1 Å². The number of carboxylic acids is 1. The molecule has 1 saturated carbocycles. The van der Waals surface area contributed by atoms with Crippen LogP contribution in [0.1, 0.15) is 157 Å². The molecule has 3 aliphatic heterocycles. The number of aromatic nitrogens is 4. The maximum absolute atomic E-state index is 15.1. The van der Waals surface area contributed by atoms with Crippen molar-refractivity contribution in [3.63, 3.8) is 0 Å². The molecule has 5 aromatic rings. The van der Waals surface area contributed by atoms with E-state index in [1.807, 2.05) is 68.1 Å². The van der Waals surface area contributed by atoms with E-state index in [2.05, 4.69) is 20.2 Å². The van der Waals surface area contributed by atoms with Gasteiger partial charge in [-0.15, -0.1) is 0 Å². The van der Waals surface area contributed by atoms with Gasteiger partial charge in [-0.3, -0.25) is 33.3 Å². The molecule has 0 radical (unpaired) electrons. The van der Waals surface area contributed by atoms with Crippen molar-refractivity contribution in [3.8, 4) is 0 Å². The first-order valence-corrected chi connectivity index (χ1v) is 31.8. The SMILES string of the molecule is CC(=O)c1c(C)c2cnc(Nc3ccc(N4CCN(C(=O)CCCCCCC(=O)N5CCN(S(=O)(=O)CC(N6C(=O)[C@@](C)(CC(=O)O)C[C@H](c7cccc(Cl)c7)[C@H]6c6ccc(Cl)cc6)C(C)(C)C)CC5)CC4)cn3)nc2n(C2CCCC2)c1=O. The number of rotatable bonds is 20. The molecule has 6 heterocycles. The minimum atomic E-state index is -4.04. The van der Waals surface area contributed by atoms with E-state index in [1.54, 1.807) is 58.8 Å². The summed E-state index contributed by atoms with van der Waals surface area (Å²) in [6.45, 7) is 13.6. The highest BCUT2D eigenvalue weighted by atomic mass is 35.5. The second kappa shape index (κ2) is 26.0. The van der Waals surface area contributed by atoms with E-state index in [0.717, 1.165) is 55.3 Å². The molecule has 0 bridgehead atoms. The summed E-state index contributed by atoms with van der Waals surface area (Å²) in [5.74, 6) is -1.81. The number of carboxylic acid groups (broad SMARTS) is 1. The third-order valence-corrected chi connectivity index (χ3v) is 20.0. The first kappa shape index (κ1) is 62.1. The van der Waals surface area contributed by atoms with Crippen molar-refractivity contribution >= 4 is 91.2 Å². The lowest BCUT2D eigenvalue weighted by atomic mass is 9.66. The standard InChI is InChI=1S/C62H78Cl2N10O9S/c1-40-49-38-66-60(68-57(49)73(46-16-11-12-17-46)58(80)55(40)41(2)75)67-51-25-24-47(37-65-51)69-26-28-70(29-27-69)52(76)18-9-7-8-10-19-53(77)71-30-32-72(33-31-71)84(82,83)39-50(61(3,4)5)74-56(42-20-22-44(63)23-21-42)48(43-14-13-15-45(64)34-43)35-62(6,59(74)81)36-54(78)79/h13-15,20-25,34,37-38,46,48,50,56H,7-12,16-19,26-33,35-36,39H2,1-6H3,(H,78,79)(H,65,66,67,68)/t48-,50?,56-,62-/m1/s1. The van der Waals surface area contributed by atoms with Gasteiger partial charge in [0, 0.05) is 98.8 Å². The molecular weight excluding hydrogens is 1130 g/mol. The molecule has 22 heteroatoms. The van der Waals surface area contributed by atoms with Gasteiger partial charge in [-0.2, -0.15) is 9.29 Å². The molecule has 2 aromatic carbocycles. The number of hydrogen-bond donors (Lipinski definition) is 2. The maximum Gasteiger partial charge on any atom is 0.304 e. The number of halogens is 2. The Morgan fingerprint density at radius 1 is 0.798 bits per heavy atom. The predicted molar refractivity (Wildman–Crippen MR) is 325 cm³/mol. The van der Waals surface area contributed by atoms with E-state index in [1.165, 1.54) is 11.2 Å². The molecular formula is C62H78Cl2N10O9S. The fraction of sp³-hybridized carbons (Fsp3) is 0.532. The van der Waals surface area contributed by atoms with Crippen LogP contribution in [0.4, 0.5) is 17.5 Å². The van der Waals surface area contributed by atoms with E-state index >= 15 is 4.79 Å². The molecule has 84 heavy (non-hydrogen) atoms. The average Bonchev–Trinajstić information content (AvgIpc) is 1.25. The molecule has 1 aliphatic carbocycles. The molecule has 9 rings (SSSR count). The summed E-state index contributed by atoms with van der Waals surface area (Å²) >= 11 is 12.9. The summed E-state index contributed by atoms with van der Waals surface area (Å²) in [4.78, 5) is 102. The predicted octanol–water partition coefficient (Wildman–Crippen LogP) is 9.98. The van der Waals surface area contributed by atoms with Crippen LogP contribution in [0, 0.1) is 17.8 Å². The molecule has 3 saturated heterocycles. The second-order valence-electron chi connectivity index (χ2n) is 24.6. The smallest absolute Gasteiger partial charge is 0.304 e. The monoisotopic (exact) mass is 1210 g/mol. The summed E-state index contributed by atoms with van der Waals surface area (Å²) in [6, 6.07) is 16.6. The molecule has 450 valence electrons. The number of ketones is 1. The van der Waals surface area contributed by atoms with Gasteiger partial charge >= 0.3 is 5.97 Å². The third-order valence-electron chi connectivity index (χ3n) is 17.6. The summed E-state index contributed by atoms with van der Waals surface area (Å²) in [6.07, 6.45) is 10.6. The number of carbonyl (C=O) groups excluding carboxylic acids is 4. The first-order chi connectivity index (χ1) is 39.9. The second-order valence-corrected chi connectivity index (χ2v) is 27.4. The van der Waals surface area contributed by atoms with E-state index in [-0.39, 0.29) is 67.4 Å². The summed E-state index contributed by atoms with van der Waals surface area (Å²) in [7, 11) is -4.04. The largest absolute Gasteiger partial charge is 0.481 e. The number of Topliss-reactive ketones (excluding diaryl/α,β-unsaturated/α-hetero) is 1. The zero-order valence-corrected chi connectivity index (χ0v) is 51.3. The van der Waals surface area contributed by atoms with Gasteiger partial charge < -0.3 is 30.0 Å². The van der Waals surface area contributed by atoms with Crippen LogP contribution in [-0.4, -0.2) is 146 Å². The van der Waals surface area contributed by atoms with Crippen LogP contribution in [0.3, 0.4) is 0 Å². The van der Waals surface area contributed by atoms with Gasteiger partial charge in [-0.1, -0.05) is 101 Å². The van der Waals surface area contributed by atoms with Crippen LogP contribution >= 0.6 is 23.2 Å². The average molecular weight is 1210 g/mol. The lowest BCUT2D eigenvalue weighted by molar-refractivity contribution is -0.162. The first-order valence-electron chi connectivity index (χ1n) is 29.4. The molecule has 3 aromatic heterocycles. The van der Waals surface area contributed by atoms with Gasteiger partial charge in [0.15, 0.2) is 5.78 Å². The van der Waals surface area contributed by atoms with Gasteiger partial charge in [0.25, 0.3) is 5.56 Å². The molecule has 4 aliphatic rings. The molecule has 1 unspecified atom stereocenters. The van der Waals surface area contributed by atoms with Crippen molar-refractivity contribution in [2.75, 3.05) is 68.3 Å². The number of anilines is 3. The van der Waals surface area contributed by atoms with Crippen LogP contribution < -0.4 is 15.8 Å². The van der Waals surface area contributed by atoms with Gasteiger partial charge in [-0.05, 0) is 104 Å². The molecule has 3 amide bonds. The molecule has 19 nitrogen and oxygen atoms in total. The van der Waals surface area contributed by atoms with Gasteiger partial charge in [0.1, 0.15) is 11.5 Å². The maximum atomic E-state index is 15.1. The Hall–Kier alpha value is -6.48. The van der Waals surface area contributed by atoms with E-state index in [0.29, 0.717) is 90.3 Å². The normalized spacial score (nSPS) is 20.6. The third kappa shape index (κ3) is 13.9. The quantitative estimate of drug-likeness (QED) is 0.0546. The summed E-state index contributed by atoms with van der Waals surface area (Å²) < 4.78 is 32.4. The van der Waals surface area contributed by atoms with Crippen LogP contribution in [0.5, 0.6) is 0 Å². The number of unbranched alkanes of at least 4 members (excludes halogenated alkanes) is 3. The lowest BCUT2D eigenvalue weighted by Gasteiger charge is -2.54. The van der Waals surface area contributed by atoms with E-state index in [9.17, 15) is 37.5 Å². The Morgan fingerprint density at radius 3 is 2.00 bits per heavy atom.